The van der Waals surface area contributed by atoms with Crippen molar-refractivity contribution >= 4 is 32.9 Å². The van der Waals surface area contributed by atoms with Crippen molar-refractivity contribution in [3.8, 4) is 17.0 Å². The van der Waals surface area contributed by atoms with Gasteiger partial charge in [0.15, 0.2) is 10.8 Å². The monoisotopic (exact) mass is 588 g/mol. The predicted octanol–water partition coefficient (Wildman–Crippen LogP) is 5.87. The van der Waals surface area contributed by atoms with Crippen LogP contribution in [-0.2, 0) is 16.3 Å². The fourth-order valence-corrected chi connectivity index (χ4v) is 6.38. The Morgan fingerprint density at radius 2 is 1.86 bits per heavy atom. The molecule has 1 aliphatic heterocycles. The molecule has 3 heterocycles. The number of nitrogen functional groups attached to an aromatic ring is 1. The summed E-state index contributed by atoms with van der Waals surface area (Å²) in [5, 5.41) is -0.270. The molecule has 0 aliphatic carbocycles. The Morgan fingerprint density at radius 3 is 2.60 bits per heavy atom. The maximum absolute atomic E-state index is 14.7. The molecule has 1 aliphatic rings. The summed E-state index contributed by atoms with van der Waals surface area (Å²) in [4.78, 5) is 24.4. The molecule has 218 valence electrons. The summed E-state index contributed by atoms with van der Waals surface area (Å²) >= 11 is 0. The zero-order chi connectivity index (χ0) is 30.2. The number of fused-ring (bicyclic) bond motifs is 1. The number of ketones is 1. The van der Waals surface area contributed by atoms with E-state index in [1.807, 2.05) is 32.6 Å². The molecule has 4 aromatic rings. The number of nitrogens with zero attached hydrogens (tertiary/aromatic N) is 3. The average Bonchev–Trinajstić information content (AvgIpc) is 3.35. The van der Waals surface area contributed by atoms with Crippen LogP contribution in [0.25, 0.3) is 11.3 Å². The molecule has 0 spiro atoms. The van der Waals surface area contributed by atoms with Gasteiger partial charge in [0, 0.05) is 23.9 Å². The number of rotatable bonds is 9. The van der Waals surface area contributed by atoms with Gasteiger partial charge in [0.2, 0.25) is 9.84 Å². The van der Waals surface area contributed by atoms with E-state index in [0.29, 0.717) is 36.0 Å². The van der Waals surface area contributed by atoms with Crippen LogP contribution in [0.4, 0.5) is 21.7 Å². The second kappa shape index (κ2) is 11.5. The Balaban J connectivity index is 1.60. The molecule has 2 N–H and O–H groups in total. The lowest BCUT2D eigenvalue weighted by molar-refractivity contribution is 0.102. The summed E-state index contributed by atoms with van der Waals surface area (Å²) in [6.07, 6.45) is 0.732. The van der Waals surface area contributed by atoms with Crippen LogP contribution in [0.2, 0.25) is 0 Å². The number of aromatic nitrogens is 2. The predicted molar refractivity (Wildman–Crippen MR) is 162 cm³/mol. The number of sulfone groups is 1. The van der Waals surface area contributed by atoms with Gasteiger partial charge in [-0.1, -0.05) is 37.6 Å². The van der Waals surface area contributed by atoms with E-state index in [-0.39, 0.29) is 22.3 Å². The van der Waals surface area contributed by atoms with E-state index in [0.717, 1.165) is 28.8 Å². The number of hydrogen-bond donors (Lipinski definition) is 1. The second-order valence-corrected chi connectivity index (χ2v) is 13.0. The number of Topliss-reactive ketones (excluding diaryl/α,β-unsaturated/α-hetero) is 1. The first kappa shape index (κ1) is 29.2. The summed E-state index contributed by atoms with van der Waals surface area (Å²) in [6, 6.07) is 16.0. The lowest BCUT2D eigenvalue weighted by Crippen LogP contribution is -2.23. The van der Waals surface area contributed by atoms with Crippen LogP contribution >= 0.6 is 0 Å². The number of pyridine rings is 2. The van der Waals surface area contributed by atoms with Crippen LogP contribution in [-0.4, -0.2) is 43.1 Å². The standard InChI is InChI=1S/C32H33FN4O4S/c1-19(2)17-41-25-15-23(14-24(33)16-25)27-9-8-26(28(38)18-42(39,40)30-7-5-6-29(34)36-30)32(35-27)37-11-10-22-13-20(3)12-21(4)31(22)37/h5-9,12-16,19H,10-11,17-18H2,1-4H3,(H2,34,36). The van der Waals surface area contributed by atoms with Crippen LogP contribution in [0.15, 0.2) is 65.7 Å². The first-order chi connectivity index (χ1) is 19.9. The number of nitrogens with two attached hydrogens (primary N) is 1. The number of carbonyl (C=O) groups excluding carboxylic acids is 1. The normalized spacial score (nSPS) is 13.0. The number of ether oxygens (including phenoxy) is 1. The van der Waals surface area contributed by atoms with E-state index in [2.05, 4.69) is 17.1 Å². The molecule has 0 saturated heterocycles. The van der Waals surface area contributed by atoms with Crippen LogP contribution < -0.4 is 15.4 Å². The Labute approximate surface area is 245 Å². The van der Waals surface area contributed by atoms with Gasteiger partial charge in [0.25, 0.3) is 0 Å². The third-order valence-corrected chi connectivity index (χ3v) is 8.47. The second-order valence-electron chi connectivity index (χ2n) is 11.0. The van der Waals surface area contributed by atoms with Crippen molar-refractivity contribution in [2.45, 2.75) is 39.1 Å². The molecular weight excluding hydrogens is 555 g/mol. The van der Waals surface area contributed by atoms with Crippen LogP contribution in [0, 0.1) is 25.6 Å². The van der Waals surface area contributed by atoms with Gasteiger partial charge in [-0.3, -0.25) is 4.79 Å². The minimum Gasteiger partial charge on any atom is -0.493 e. The average molecular weight is 589 g/mol. The van der Waals surface area contributed by atoms with Gasteiger partial charge < -0.3 is 15.4 Å². The Hall–Kier alpha value is -4.31. The molecule has 2 aromatic heterocycles. The zero-order valence-electron chi connectivity index (χ0n) is 24.0. The molecule has 0 atom stereocenters. The van der Waals surface area contributed by atoms with Gasteiger partial charge in [0.05, 0.1) is 17.9 Å². The molecule has 0 saturated carbocycles. The van der Waals surface area contributed by atoms with Gasteiger partial charge in [0.1, 0.15) is 29.0 Å². The van der Waals surface area contributed by atoms with Crippen LogP contribution in [0.1, 0.15) is 40.9 Å². The number of carbonyl (C=O) groups is 1. The van der Waals surface area contributed by atoms with E-state index >= 15 is 0 Å². The van der Waals surface area contributed by atoms with Crippen molar-refractivity contribution in [2.24, 2.45) is 5.92 Å². The smallest absolute Gasteiger partial charge is 0.203 e. The summed E-state index contributed by atoms with van der Waals surface area (Å²) in [5.41, 5.74) is 10.9. The first-order valence-electron chi connectivity index (χ1n) is 13.7. The van der Waals surface area contributed by atoms with Crippen molar-refractivity contribution in [3.63, 3.8) is 0 Å². The SMILES string of the molecule is Cc1cc(C)c2c(c1)CCN2c1nc(-c2cc(F)cc(OCC(C)C)c2)ccc1C(=O)CS(=O)(=O)c1cccc(N)n1. The Morgan fingerprint density at radius 1 is 1.07 bits per heavy atom. The first-order valence-corrected chi connectivity index (χ1v) is 15.4. The molecule has 0 radical (unpaired) electrons. The van der Waals surface area contributed by atoms with Crippen molar-refractivity contribution in [2.75, 3.05) is 29.5 Å². The van der Waals surface area contributed by atoms with E-state index in [1.165, 1.54) is 30.3 Å². The van der Waals surface area contributed by atoms with E-state index < -0.39 is 27.2 Å². The summed E-state index contributed by atoms with van der Waals surface area (Å²) < 4.78 is 46.7. The lowest BCUT2D eigenvalue weighted by Gasteiger charge is -2.24. The van der Waals surface area contributed by atoms with Gasteiger partial charge in [-0.15, -0.1) is 0 Å². The highest BCUT2D eigenvalue weighted by molar-refractivity contribution is 7.92. The van der Waals surface area contributed by atoms with Crippen LogP contribution in [0.5, 0.6) is 5.75 Å². The summed E-state index contributed by atoms with van der Waals surface area (Å²) in [6.45, 7) is 9.01. The summed E-state index contributed by atoms with van der Waals surface area (Å²) in [7, 11) is -4.08. The number of anilines is 3. The Kier molecular flexibility index (Phi) is 8.01. The fourth-order valence-electron chi connectivity index (χ4n) is 5.20. The largest absolute Gasteiger partial charge is 0.493 e. The fraction of sp³-hybridized carbons (Fsp3) is 0.281. The van der Waals surface area contributed by atoms with Crippen LogP contribution in [0.3, 0.4) is 0 Å². The van der Waals surface area contributed by atoms with Crippen molar-refractivity contribution in [1.29, 1.82) is 0 Å². The van der Waals surface area contributed by atoms with Crippen molar-refractivity contribution in [3.05, 3.63) is 88.7 Å². The van der Waals surface area contributed by atoms with E-state index in [1.54, 1.807) is 18.2 Å². The van der Waals surface area contributed by atoms with Crippen molar-refractivity contribution in [1.82, 2.24) is 9.97 Å². The lowest BCUT2D eigenvalue weighted by atomic mass is 10.0. The molecule has 0 fully saturated rings. The molecule has 2 aromatic carbocycles. The maximum Gasteiger partial charge on any atom is 0.203 e. The topological polar surface area (TPSA) is 115 Å². The third-order valence-electron chi connectivity index (χ3n) is 6.96. The summed E-state index contributed by atoms with van der Waals surface area (Å²) in [5.74, 6) is -0.930. The van der Waals surface area contributed by atoms with E-state index in [9.17, 15) is 17.6 Å². The minimum atomic E-state index is -4.08. The molecule has 0 amide bonds. The molecule has 0 unspecified atom stereocenters. The minimum absolute atomic E-state index is 0.0431. The highest BCUT2D eigenvalue weighted by Crippen LogP contribution is 2.40. The molecule has 8 nitrogen and oxygen atoms in total. The van der Waals surface area contributed by atoms with Gasteiger partial charge >= 0.3 is 0 Å². The third kappa shape index (κ3) is 6.13. The molecule has 5 rings (SSSR count). The maximum atomic E-state index is 14.7. The van der Waals surface area contributed by atoms with Crippen molar-refractivity contribution < 1.29 is 22.3 Å². The molecular formula is C32H33FN4O4S. The number of benzene rings is 2. The van der Waals surface area contributed by atoms with Gasteiger partial charge in [-0.05, 0) is 73.7 Å². The van der Waals surface area contributed by atoms with E-state index in [4.69, 9.17) is 15.5 Å². The van der Waals surface area contributed by atoms with Gasteiger partial charge in [-0.2, -0.15) is 0 Å². The number of aryl methyl sites for hydroxylation is 2. The number of halogens is 1. The molecule has 0 bridgehead atoms. The zero-order valence-corrected chi connectivity index (χ0v) is 24.8. The highest BCUT2D eigenvalue weighted by Gasteiger charge is 2.30. The van der Waals surface area contributed by atoms with Gasteiger partial charge in [-0.25, -0.2) is 22.8 Å². The Bertz CT molecular complexity index is 1790. The quantitative estimate of drug-likeness (QED) is 0.242. The molecule has 42 heavy (non-hydrogen) atoms. The highest BCUT2D eigenvalue weighted by atomic mass is 32.2. The molecule has 10 heteroatoms. The number of hydrogen-bond acceptors (Lipinski definition) is 8.